The van der Waals surface area contributed by atoms with Crippen molar-refractivity contribution in [3.63, 3.8) is 0 Å². The second-order valence-electron chi connectivity index (χ2n) is 5.26. The lowest BCUT2D eigenvalue weighted by molar-refractivity contribution is -0.123. The summed E-state index contributed by atoms with van der Waals surface area (Å²) in [4.78, 5) is 11.9. The fraction of sp³-hybridized carbons (Fsp3) is 0.278. The van der Waals surface area contributed by atoms with Crippen molar-refractivity contribution in [2.45, 2.75) is 27.0 Å². The van der Waals surface area contributed by atoms with E-state index in [-0.39, 0.29) is 19.1 Å². The molecule has 116 valence electrons. The second kappa shape index (κ2) is 7.61. The molecule has 0 unspecified atom stereocenters. The van der Waals surface area contributed by atoms with Crippen molar-refractivity contribution >= 4 is 5.91 Å². The van der Waals surface area contributed by atoms with Crippen molar-refractivity contribution in [1.82, 2.24) is 5.32 Å². The van der Waals surface area contributed by atoms with Crippen LogP contribution >= 0.6 is 0 Å². The van der Waals surface area contributed by atoms with Crippen LogP contribution in [0.15, 0.2) is 42.5 Å². The number of nitrogens with one attached hydrogen (secondary N) is 1. The summed E-state index contributed by atoms with van der Waals surface area (Å²) in [5.41, 5.74) is 3.82. The van der Waals surface area contributed by atoms with Gasteiger partial charge >= 0.3 is 0 Å². The standard InChI is InChI=1S/C18H21NO3/c1-13-7-8-14(2)17(9-13)22-12-18(21)19-10-15-5-3-4-6-16(15)11-20/h3-9,20H,10-12H2,1-2H3,(H,19,21). The van der Waals surface area contributed by atoms with Crippen LogP contribution in [0.2, 0.25) is 0 Å². The molecule has 2 rings (SSSR count). The first-order valence-electron chi connectivity index (χ1n) is 7.24. The number of carbonyl (C=O) groups is 1. The van der Waals surface area contributed by atoms with Crippen molar-refractivity contribution in [2.24, 2.45) is 0 Å². The number of amides is 1. The number of rotatable bonds is 6. The summed E-state index contributed by atoms with van der Waals surface area (Å²) in [6.45, 7) is 4.25. The molecule has 0 atom stereocenters. The SMILES string of the molecule is Cc1ccc(C)c(OCC(=O)NCc2ccccc2CO)c1. The number of carbonyl (C=O) groups excluding carboxylic acids is 1. The van der Waals surface area contributed by atoms with E-state index in [0.29, 0.717) is 6.54 Å². The molecule has 1 amide bonds. The van der Waals surface area contributed by atoms with E-state index < -0.39 is 0 Å². The lowest BCUT2D eigenvalue weighted by atomic mass is 10.1. The molecule has 2 aromatic rings. The fourth-order valence-corrected chi connectivity index (χ4v) is 2.14. The molecule has 0 spiro atoms. The molecule has 0 aliphatic carbocycles. The van der Waals surface area contributed by atoms with Gasteiger partial charge in [0.1, 0.15) is 5.75 Å². The molecule has 4 heteroatoms. The first-order valence-corrected chi connectivity index (χ1v) is 7.24. The number of aliphatic hydroxyl groups excluding tert-OH is 1. The molecular formula is C18H21NO3. The minimum absolute atomic E-state index is 0.0222. The van der Waals surface area contributed by atoms with E-state index >= 15 is 0 Å². The van der Waals surface area contributed by atoms with Gasteiger partial charge in [0.05, 0.1) is 6.61 Å². The van der Waals surface area contributed by atoms with Crippen molar-refractivity contribution in [1.29, 1.82) is 0 Å². The normalized spacial score (nSPS) is 10.3. The van der Waals surface area contributed by atoms with Gasteiger partial charge in [-0.2, -0.15) is 0 Å². The van der Waals surface area contributed by atoms with E-state index in [2.05, 4.69) is 5.32 Å². The van der Waals surface area contributed by atoms with Gasteiger partial charge in [-0.05, 0) is 42.2 Å². The molecule has 0 saturated heterocycles. The zero-order chi connectivity index (χ0) is 15.9. The molecule has 22 heavy (non-hydrogen) atoms. The summed E-state index contributed by atoms with van der Waals surface area (Å²) >= 11 is 0. The number of hydrogen-bond donors (Lipinski definition) is 2. The summed E-state index contributed by atoms with van der Waals surface area (Å²) in [7, 11) is 0. The third kappa shape index (κ3) is 4.33. The average molecular weight is 299 g/mol. The maximum atomic E-state index is 11.9. The second-order valence-corrected chi connectivity index (χ2v) is 5.26. The Kier molecular flexibility index (Phi) is 5.55. The number of hydrogen-bond acceptors (Lipinski definition) is 3. The fourth-order valence-electron chi connectivity index (χ4n) is 2.14. The lowest BCUT2D eigenvalue weighted by Crippen LogP contribution is -2.28. The molecular weight excluding hydrogens is 278 g/mol. The van der Waals surface area contributed by atoms with E-state index in [0.717, 1.165) is 28.0 Å². The summed E-state index contributed by atoms with van der Waals surface area (Å²) in [6.07, 6.45) is 0. The van der Waals surface area contributed by atoms with E-state index in [1.165, 1.54) is 0 Å². The zero-order valence-corrected chi connectivity index (χ0v) is 12.9. The van der Waals surface area contributed by atoms with Gasteiger partial charge in [-0.15, -0.1) is 0 Å². The van der Waals surface area contributed by atoms with Crippen LogP contribution in [0.25, 0.3) is 0 Å². The number of benzene rings is 2. The summed E-state index contributed by atoms with van der Waals surface area (Å²) in [6, 6.07) is 13.4. The third-order valence-corrected chi connectivity index (χ3v) is 3.47. The van der Waals surface area contributed by atoms with E-state index in [9.17, 15) is 9.90 Å². The molecule has 2 N–H and O–H groups in total. The zero-order valence-electron chi connectivity index (χ0n) is 12.9. The van der Waals surface area contributed by atoms with Gasteiger partial charge in [0.25, 0.3) is 5.91 Å². The van der Waals surface area contributed by atoms with Gasteiger partial charge < -0.3 is 15.2 Å². The summed E-state index contributed by atoms with van der Waals surface area (Å²) < 4.78 is 5.56. The Morgan fingerprint density at radius 3 is 2.59 bits per heavy atom. The largest absolute Gasteiger partial charge is 0.483 e. The Balaban J connectivity index is 1.87. The average Bonchev–Trinajstić information content (AvgIpc) is 2.54. The van der Waals surface area contributed by atoms with Gasteiger partial charge in [0.15, 0.2) is 6.61 Å². The molecule has 0 aliphatic heterocycles. The van der Waals surface area contributed by atoms with Crippen LogP contribution in [0.5, 0.6) is 5.75 Å². The predicted molar refractivity (Wildman–Crippen MR) is 85.6 cm³/mol. The monoisotopic (exact) mass is 299 g/mol. The van der Waals surface area contributed by atoms with Crippen LogP contribution in [-0.2, 0) is 17.9 Å². The molecule has 4 nitrogen and oxygen atoms in total. The highest BCUT2D eigenvalue weighted by Crippen LogP contribution is 2.18. The Bertz CT molecular complexity index is 653. The van der Waals surface area contributed by atoms with Gasteiger partial charge in [0, 0.05) is 6.54 Å². The molecule has 2 aromatic carbocycles. The van der Waals surface area contributed by atoms with Gasteiger partial charge in [-0.25, -0.2) is 0 Å². The molecule has 0 bridgehead atoms. The van der Waals surface area contributed by atoms with E-state index in [4.69, 9.17) is 4.74 Å². The Morgan fingerprint density at radius 1 is 1.14 bits per heavy atom. The highest BCUT2D eigenvalue weighted by atomic mass is 16.5. The highest BCUT2D eigenvalue weighted by Gasteiger charge is 2.06. The topological polar surface area (TPSA) is 58.6 Å². The van der Waals surface area contributed by atoms with Crippen LogP contribution in [0.1, 0.15) is 22.3 Å². The smallest absolute Gasteiger partial charge is 0.258 e. The van der Waals surface area contributed by atoms with Gasteiger partial charge in [-0.3, -0.25) is 4.79 Å². The quantitative estimate of drug-likeness (QED) is 0.861. The van der Waals surface area contributed by atoms with Crippen LogP contribution < -0.4 is 10.1 Å². The number of aryl methyl sites for hydroxylation is 2. The first kappa shape index (κ1) is 16.0. The predicted octanol–water partition coefficient (Wildman–Crippen LogP) is 2.49. The highest BCUT2D eigenvalue weighted by molar-refractivity contribution is 5.77. The lowest BCUT2D eigenvalue weighted by Gasteiger charge is -2.11. The molecule has 0 aromatic heterocycles. The number of ether oxygens (including phenoxy) is 1. The van der Waals surface area contributed by atoms with Crippen LogP contribution in [0, 0.1) is 13.8 Å². The molecule has 0 radical (unpaired) electrons. The van der Waals surface area contributed by atoms with Crippen molar-refractivity contribution in [2.75, 3.05) is 6.61 Å². The van der Waals surface area contributed by atoms with Crippen LogP contribution in [0.4, 0.5) is 0 Å². The molecule has 0 fully saturated rings. The number of aliphatic hydroxyl groups is 1. The van der Waals surface area contributed by atoms with Gasteiger partial charge in [0.2, 0.25) is 0 Å². The van der Waals surface area contributed by atoms with E-state index in [1.807, 2.05) is 56.3 Å². The maximum absolute atomic E-state index is 11.9. The van der Waals surface area contributed by atoms with Crippen LogP contribution in [-0.4, -0.2) is 17.6 Å². The van der Waals surface area contributed by atoms with Crippen molar-refractivity contribution in [3.05, 3.63) is 64.7 Å². The van der Waals surface area contributed by atoms with E-state index in [1.54, 1.807) is 0 Å². The first-order chi connectivity index (χ1) is 10.6. The minimum Gasteiger partial charge on any atom is -0.483 e. The van der Waals surface area contributed by atoms with Gasteiger partial charge in [-0.1, -0.05) is 36.4 Å². The maximum Gasteiger partial charge on any atom is 0.258 e. The summed E-state index contributed by atoms with van der Waals surface area (Å²) in [5, 5.41) is 12.1. The van der Waals surface area contributed by atoms with Crippen molar-refractivity contribution < 1.29 is 14.6 Å². The molecule has 0 heterocycles. The minimum atomic E-state index is -0.186. The Hall–Kier alpha value is -2.33. The third-order valence-electron chi connectivity index (χ3n) is 3.47. The van der Waals surface area contributed by atoms with Crippen LogP contribution in [0.3, 0.4) is 0 Å². The Labute approximate surface area is 130 Å². The summed E-state index contributed by atoms with van der Waals surface area (Å²) in [5.74, 6) is 0.541. The van der Waals surface area contributed by atoms with Crippen molar-refractivity contribution in [3.8, 4) is 5.75 Å². The molecule has 0 saturated carbocycles. The Morgan fingerprint density at radius 2 is 1.86 bits per heavy atom. The molecule has 0 aliphatic rings.